The Morgan fingerprint density at radius 3 is 2.15 bits per heavy atom. The summed E-state index contributed by atoms with van der Waals surface area (Å²) >= 11 is 1.49. The number of benzene rings is 2. The zero-order chi connectivity index (χ0) is 62.6. The van der Waals surface area contributed by atoms with Gasteiger partial charge in [0.2, 0.25) is 23.6 Å². The van der Waals surface area contributed by atoms with Gasteiger partial charge in [0.25, 0.3) is 5.91 Å². The van der Waals surface area contributed by atoms with Gasteiger partial charge in [-0.25, -0.2) is 19.3 Å². The molecule has 3 fully saturated rings. The van der Waals surface area contributed by atoms with E-state index in [9.17, 15) is 29.1 Å². The lowest BCUT2D eigenvalue weighted by molar-refractivity contribution is -0.148. The Morgan fingerprint density at radius 2 is 1.55 bits per heavy atom. The Morgan fingerprint density at radius 1 is 0.865 bits per heavy atom. The molecule has 7 heterocycles. The van der Waals surface area contributed by atoms with Crippen molar-refractivity contribution in [1.29, 1.82) is 0 Å². The van der Waals surface area contributed by atoms with Gasteiger partial charge in [-0.15, -0.1) is 11.3 Å². The molecule has 2 aliphatic heterocycles. The minimum Gasteiger partial charge on any atom is -0.391 e. The fourth-order valence-corrected chi connectivity index (χ4v) is 12.4. The highest BCUT2D eigenvalue weighted by Crippen LogP contribution is 2.47. The number of anilines is 2. The molecule has 0 radical (unpaired) electrons. The number of fused-ring (bicyclic) bond motifs is 1. The molecule has 7 aromatic rings. The monoisotopic (exact) mass is 1240 g/mol. The lowest BCUT2D eigenvalue weighted by atomic mass is 9.73. The molecule has 7 N–H and O–H groups in total. The molecule has 2 aromatic carbocycles. The number of thiazole rings is 1. The fourth-order valence-electron chi connectivity index (χ4n) is 11.6. The molecule has 4 atom stereocenters. The number of H-pyrrole nitrogens is 1. The largest absolute Gasteiger partial charge is 0.391 e. The van der Waals surface area contributed by atoms with Crippen LogP contribution in [0.3, 0.4) is 0 Å². The number of aryl methyl sites for hydroxylation is 2. The number of carbonyl (C=O) groups excluding carboxylic acids is 5. The molecule has 5 amide bonds. The average Bonchev–Trinajstić information content (AvgIpc) is 1.67. The summed E-state index contributed by atoms with van der Waals surface area (Å²) in [5.41, 5.74) is 12.8. The molecule has 3 aliphatic rings. The molecule has 1 saturated carbocycles. The highest BCUT2D eigenvalue weighted by Gasteiger charge is 2.59. The number of aromatic nitrogens is 7. The molecule has 474 valence electrons. The SMILES string of the molecule is Cc1cc([C@H](C(=O)N2CC(O)CC2(C(N)=O)[C@@H](CC(=O)NCCOCCOCCOCCOCCNC(=O)CN2CCN(C(=O)c3ccc(Nc4nc(C5CC5)cn5c(-c6cn[nH]c6)cnc45)c(F)c3)CC2)c2ccc(-c3scnc3C)cc2)C(C)C)on1. The predicted octanol–water partition coefficient (Wildman–Crippen LogP) is 5.10. The van der Waals surface area contributed by atoms with Crippen molar-refractivity contribution in [2.24, 2.45) is 11.7 Å². The van der Waals surface area contributed by atoms with E-state index in [2.05, 4.69) is 41.3 Å². The number of amides is 5. The first-order valence-corrected chi connectivity index (χ1v) is 31.0. The van der Waals surface area contributed by atoms with Crippen LogP contribution < -0.4 is 21.7 Å². The highest BCUT2D eigenvalue weighted by atomic mass is 32.1. The Hall–Kier alpha value is -8.05. The van der Waals surface area contributed by atoms with Crippen LogP contribution in [0.4, 0.5) is 15.9 Å². The number of imidazole rings is 1. The minimum atomic E-state index is -1.77. The second-order valence-electron chi connectivity index (χ2n) is 23.0. The first-order chi connectivity index (χ1) is 43.1. The zero-order valence-electron chi connectivity index (χ0n) is 50.5. The van der Waals surface area contributed by atoms with Gasteiger partial charge >= 0.3 is 0 Å². The summed E-state index contributed by atoms with van der Waals surface area (Å²) in [6.45, 7) is 11.9. The molecule has 1 aliphatic carbocycles. The predicted molar refractivity (Wildman–Crippen MR) is 327 cm³/mol. The summed E-state index contributed by atoms with van der Waals surface area (Å²) in [4.78, 5) is 88.4. The molecule has 0 spiro atoms. The van der Waals surface area contributed by atoms with Crippen LogP contribution in [0.25, 0.3) is 27.3 Å². The van der Waals surface area contributed by atoms with Crippen molar-refractivity contribution < 1.29 is 56.9 Å². The lowest BCUT2D eigenvalue weighted by Gasteiger charge is -2.43. The molecule has 10 rings (SSSR count). The van der Waals surface area contributed by atoms with Crippen molar-refractivity contribution in [2.75, 3.05) is 111 Å². The van der Waals surface area contributed by atoms with Crippen LogP contribution in [0, 0.1) is 25.6 Å². The summed E-state index contributed by atoms with van der Waals surface area (Å²) < 4.78 is 45.7. The smallest absolute Gasteiger partial charge is 0.254 e. The van der Waals surface area contributed by atoms with Gasteiger partial charge in [-0.05, 0) is 61.9 Å². The number of nitrogens with two attached hydrogens (primary N) is 1. The molecule has 2 unspecified atom stereocenters. The van der Waals surface area contributed by atoms with Crippen LogP contribution in [-0.2, 0) is 38.1 Å². The van der Waals surface area contributed by atoms with Crippen molar-refractivity contribution in [3.63, 3.8) is 0 Å². The fraction of sp³-hybridized carbons (Fsp3) is 0.484. The number of primary amides is 1. The Bertz CT molecular complexity index is 3550. The maximum Gasteiger partial charge on any atom is 0.254 e. The third kappa shape index (κ3) is 15.5. The topological polar surface area (TPSA) is 312 Å². The quantitative estimate of drug-likeness (QED) is 0.0308. The van der Waals surface area contributed by atoms with E-state index >= 15 is 4.39 Å². The zero-order valence-corrected chi connectivity index (χ0v) is 51.3. The summed E-state index contributed by atoms with van der Waals surface area (Å²) in [6, 6.07) is 13.5. The molecular formula is C62H77FN14O11S. The summed E-state index contributed by atoms with van der Waals surface area (Å²) in [7, 11) is 0. The molecule has 2 saturated heterocycles. The van der Waals surface area contributed by atoms with E-state index in [1.54, 1.807) is 54.1 Å². The van der Waals surface area contributed by atoms with Crippen molar-refractivity contribution in [3.8, 4) is 21.7 Å². The first-order valence-electron chi connectivity index (χ1n) is 30.1. The van der Waals surface area contributed by atoms with E-state index in [0.29, 0.717) is 100 Å². The van der Waals surface area contributed by atoms with E-state index < -0.39 is 47.0 Å². The molecule has 89 heavy (non-hydrogen) atoms. The lowest BCUT2D eigenvalue weighted by Crippen LogP contribution is -2.61. The van der Waals surface area contributed by atoms with Gasteiger partial charge < -0.3 is 60.1 Å². The second-order valence-corrected chi connectivity index (χ2v) is 23.8. The number of hydrogen-bond donors (Lipinski definition) is 6. The van der Waals surface area contributed by atoms with E-state index in [1.807, 2.05) is 60.5 Å². The van der Waals surface area contributed by atoms with Crippen molar-refractivity contribution >= 4 is 58.0 Å². The minimum absolute atomic E-state index is 0.155. The number of likely N-dealkylation sites (tertiary alicyclic amines) is 1. The van der Waals surface area contributed by atoms with Gasteiger partial charge in [0, 0.05) is 100 Å². The van der Waals surface area contributed by atoms with Gasteiger partial charge in [-0.3, -0.25) is 38.4 Å². The van der Waals surface area contributed by atoms with Crippen LogP contribution >= 0.6 is 11.3 Å². The van der Waals surface area contributed by atoms with Gasteiger partial charge in [0.05, 0.1) is 117 Å². The third-order valence-corrected chi connectivity index (χ3v) is 17.3. The highest BCUT2D eigenvalue weighted by molar-refractivity contribution is 7.13. The van der Waals surface area contributed by atoms with E-state index in [-0.39, 0.29) is 81.3 Å². The molecule has 0 bridgehead atoms. The van der Waals surface area contributed by atoms with Crippen LogP contribution in [0.15, 0.2) is 83.4 Å². The van der Waals surface area contributed by atoms with E-state index in [4.69, 9.17) is 34.2 Å². The number of piperazine rings is 1. The van der Waals surface area contributed by atoms with Crippen molar-refractivity contribution in [2.45, 2.75) is 82.8 Å². The van der Waals surface area contributed by atoms with Crippen molar-refractivity contribution in [1.82, 2.24) is 60.0 Å². The van der Waals surface area contributed by atoms with Crippen LogP contribution in [-0.4, -0.2) is 201 Å². The number of nitrogens with one attached hydrogen (secondary N) is 4. The number of nitrogens with zero attached hydrogens (tertiary/aromatic N) is 9. The summed E-state index contributed by atoms with van der Waals surface area (Å²) in [6.07, 6.45) is 7.78. The van der Waals surface area contributed by atoms with Crippen LogP contribution in [0.1, 0.15) is 96.0 Å². The maximum atomic E-state index is 15.7. The number of rotatable bonds is 31. The molecule has 27 heteroatoms. The number of aliphatic hydroxyl groups is 1. The number of aliphatic hydroxyl groups excluding tert-OH is 1. The molecule has 25 nitrogen and oxygen atoms in total. The maximum absolute atomic E-state index is 15.7. The molecular weight excluding hydrogens is 1170 g/mol. The Balaban J connectivity index is 0.582. The van der Waals surface area contributed by atoms with E-state index in [1.165, 1.54) is 22.3 Å². The number of aromatic amines is 1. The van der Waals surface area contributed by atoms with Crippen LogP contribution in [0.2, 0.25) is 0 Å². The Labute approximate surface area is 518 Å². The number of halogens is 1. The third-order valence-electron chi connectivity index (χ3n) is 16.3. The number of hydrogen-bond acceptors (Lipinski definition) is 19. The standard InChI is InChI=1S/C62H77FN14O11S/c1-38(2)55(52-27-39(3)73-88-52)60(82)77-34-46(78)30-62(77,61(64)83)47(41-5-9-43(10-6-41)56-40(4)68-37-89-56)29-53(79)65-13-19-84-21-23-86-25-26-87-24-22-85-20-14-66-54(80)36-74-15-17-75(18-16-74)59(81)44-11-12-49(48(63)28-44)71-57-58-67-33-51(45-31-69-70-32-45)76(58)35-50(72-57)42-7-8-42/h5-6,9-12,27-28,31-33,35,37-38,42,46-47,55,78H,7-8,13-26,29-30,34,36H2,1-4H3,(H2,64,83)(H,65,79)(H,66,80)(H,69,70)(H,71,72)/t46?,47-,55+,62?/m0/s1. The normalized spacial score (nSPS) is 17.8. The van der Waals surface area contributed by atoms with Crippen LogP contribution in [0.5, 0.6) is 0 Å². The average molecular weight is 1250 g/mol. The molecule has 5 aromatic heterocycles. The van der Waals surface area contributed by atoms with Gasteiger partial charge in [0.15, 0.2) is 11.5 Å². The van der Waals surface area contributed by atoms with Crippen molar-refractivity contribution in [3.05, 3.63) is 119 Å². The van der Waals surface area contributed by atoms with Gasteiger partial charge in [0.1, 0.15) is 23.0 Å². The summed E-state index contributed by atoms with van der Waals surface area (Å²) in [5.74, 6) is -3.72. The second kappa shape index (κ2) is 29.5. The van der Waals surface area contributed by atoms with Gasteiger partial charge in [-0.2, -0.15) is 5.10 Å². The number of β-amino-alcohol motifs (C(OH)–C–C–N with tert-alkyl or cyclic N) is 1. The van der Waals surface area contributed by atoms with Gasteiger partial charge in [-0.1, -0.05) is 43.3 Å². The first kappa shape index (κ1) is 64.0. The number of carbonyl (C=O) groups is 5. The Kier molecular flexibility index (Phi) is 21.2. The number of ether oxygens (including phenoxy) is 4. The summed E-state index contributed by atoms with van der Waals surface area (Å²) in [5, 5.41) is 31.0. The van der Waals surface area contributed by atoms with E-state index in [0.717, 1.165) is 45.9 Å².